The van der Waals surface area contributed by atoms with Gasteiger partial charge in [-0.25, -0.2) is 0 Å². The fourth-order valence-corrected chi connectivity index (χ4v) is 3.54. The van der Waals surface area contributed by atoms with Crippen LogP contribution in [0, 0.1) is 0 Å². The third kappa shape index (κ3) is 5.08. The highest BCUT2D eigenvalue weighted by molar-refractivity contribution is 5.79. The second-order valence-corrected chi connectivity index (χ2v) is 7.12. The zero-order valence-electron chi connectivity index (χ0n) is 16.0. The van der Waals surface area contributed by atoms with Gasteiger partial charge in [-0.15, -0.1) is 0 Å². The van der Waals surface area contributed by atoms with Gasteiger partial charge in [0.1, 0.15) is 0 Å². The van der Waals surface area contributed by atoms with Crippen LogP contribution in [0.25, 0.3) is 0 Å². The molecule has 0 saturated carbocycles. The molecule has 1 saturated heterocycles. The third-order valence-corrected chi connectivity index (χ3v) is 5.02. The van der Waals surface area contributed by atoms with E-state index in [0.717, 1.165) is 44.0 Å². The summed E-state index contributed by atoms with van der Waals surface area (Å²) >= 11 is 0. The van der Waals surface area contributed by atoms with Crippen molar-refractivity contribution in [2.45, 2.75) is 44.9 Å². The van der Waals surface area contributed by atoms with Gasteiger partial charge in [0.05, 0.1) is 6.20 Å². The predicted molar refractivity (Wildman–Crippen MR) is 106 cm³/mol. The Hall–Kier alpha value is -2.34. The molecule has 3 rings (SSSR count). The summed E-state index contributed by atoms with van der Waals surface area (Å²) in [6, 6.07) is 11.7. The zero-order chi connectivity index (χ0) is 18.4. The maximum Gasteiger partial charge on any atom is 0.191 e. The molecule has 2 atom stereocenters. The van der Waals surface area contributed by atoms with E-state index in [1.165, 1.54) is 5.56 Å². The van der Waals surface area contributed by atoms with Gasteiger partial charge in [0.15, 0.2) is 5.96 Å². The fraction of sp³-hybridized carbons (Fsp3) is 0.500. The molecule has 2 N–H and O–H groups in total. The molecule has 1 fully saturated rings. The summed E-state index contributed by atoms with van der Waals surface area (Å²) < 4.78 is 1.82. The highest BCUT2D eigenvalue weighted by atomic mass is 15.2. The van der Waals surface area contributed by atoms with Crippen molar-refractivity contribution in [3.05, 3.63) is 53.9 Å². The number of benzene rings is 1. The van der Waals surface area contributed by atoms with Crippen LogP contribution < -0.4 is 10.6 Å². The van der Waals surface area contributed by atoms with E-state index in [9.17, 15) is 0 Å². The molecule has 2 aromatic rings. The van der Waals surface area contributed by atoms with E-state index in [2.05, 4.69) is 62.9 Å². The average Bonchev–Trinajstić information content (AvgIpc) is 3.07. The van der Waals surface area contributed by atoms with Gasteiger partial charge in [0.25, 0.3) is 0 Å². The minimum Gasteiger partial charge on any atom is -0.354 e. The van der Waals surface area contributed by atoms with Crippen LogP contribution in [0.2, 0.25) is 0 Å². The van der Waals surface area contributed by atoms with Crippen molar-refractivity contribution in [1.29, 1.82) is 0 Å². The van der Waals surface area contributed by atoms with Crippen LogP contribution in [0.15, 0.2) is 47.7 Å². The number of aryl methyl sites for hydroxylation is 1. The van der Waals surface area contributed by atoms with E-state index in [1.54, 1.807) is 0 Å². The van der Waals surface area contributed by atoms with Gasteiger partial charge in [0.2, 0.25) is 0 Å². The minimum atomic E-state index is 0.456. The summed E-state index contributed by atoms with van der Waals surface area (Å²) in [6.07, 6.45) is 6.15. The maximum atomic E-state index is 4.37. The van der Waals surface area contributed by atoms with E-state index in [-0.39, 0.29) is 0 Å². The Labute approximate surface area is 156 Å². The molecule has 0 radical (unpaired) electrons. The number of likely N-dealkylation sites (tertiary alicyclic amines) is 1. The van der Waals surface area contributed by atoms with E-state index >= 15 is 0 Å². The van der Waals surface area contributed by atoms with Gasteiger partial charge in [-0.2, -0.15) is 5.10 Å². The van der Waals surface area contributed by atoms with E-state index < -0.39 is 0 Å². The van der Waals surface area contributed by atoms with Crippen LogP contribution in [0.1, 0.15) is 30.9 Å². The second-order valence-electron chi connectivity index (χ2n) is 7.12. The molecule has 140 valence electrons. The van der Waals surface area contributed by atoms with Crippen LogP contribution >= 0.6 is 0 Å². The lowest BCUT2D eigenvalue weighted by atomic mass is 9.97. The lowest BCUT2D eigenvalue weighted by Crippen LogP contribution is -2.51. The molecule has 1 aromatic carbocycles. The summed E-state index contributed by atoms with van der Waals surface area (Å²) in [5.74, 6) is 0.863. The monoisotopic (exact) mass is 354 g/mol. The molecule has 2 heterocycles. The van der Waals surface area contributed by atoms with Crippen molar-refractivity contribution in [3.63, 3.8) is 0 Å². The normalized spacial score (nSPS) is 21.6. The van der Waals surface area contributed by atoms with Gasteiger partial charge in [-0.05, 0) is 25.3 Å². The highest BCUT2D eigenvalue weighted by Crippen LogP contribution is 2.19. The molecule has 26 heavy (non-hydrogen) atoms. The summed E-state index contributed by atoms with van der Waals surface area (Å²) in [7, 11) is 3.76. The minimum absolute atomic E-state index is 0.456. The van der Waals surface area contributed by atoms with E-state index in [4.69, 9.17) is 0 Å². The maximum absolute atomic E-state index is 4.37. The first-order valence-electron chi connectivity index (χ1n) is 9.36. The van der Waals surface area contributed by atoms with Crippen molar-refractivity contribution in [1.82, 2.24) is 25.3 Å². The Balaban J connectivity index is 1.46. The molecule has 1 aromatic heterocycles. The summed E-state index contributed by atoms with van der Waals surface area (Å²) in [4.78, 5) is 6.94. The quantitative estimate of drug-likeness (QED) is 0.638. The van der Waals surface area contributed by atoms with Crippen molar-refractivity contribution in [3.8, 4) is 0 Å². The van der Waals surface area contributed by atoms with Crippen LogP contribution in [0.5, 0.6) is 0 Å². The molecule has 6 nitrogen and oxygen atoms in total. The first-order chi connectivity index (χ1) is 12.6. The SMILES string of the molecule is CN=C(NCc1cnn(C)c1)NC1CCN(Cc2ccccc2)C(C)C1. The smallest absolute Gasteiger partial charge is 0.191 e. The van der Waals surface area contributed by atoms with Crippen molar-refractivity contribution < 1.29 is 0 Å². The van der Waals surface area contributed by atoms with E-state index in [1.807, 2.05) is 31.2 Å². The number of aliphatic imine (C=N–C) groups is 1. The van der Waals surface area contributed by atoms with Gasteiger partial charge in [-0.1, -0.05) is 30.3 Å². The number of guanidine groups is 1. The molecule has 0 bridgehead atoms. The highest BCUT2D eigenvalue weighted by Gasteiger charge is 2.25. The van der Waals surface area contributed by atoms with Gasteiger partial charge >= 0.3 is 0 Å². The number of nitrogens with zero attached hydrogens (tertiary/aromatic N) is 4. The number of hydrogen-bond donors (Lipinski definition) is 2. The van der Waals surface area contributed by atoms with Gasteiger partial charge in [-0.3, -0.25) is 14.6 Å². The molecule has 1 aliphatic rings. The van der Waals surface area contributed by atoms with Crippen LogP contribution in [-0.2, 0) is 20.1 Å². The average molecular weight is 355 g/mol. The second kappa shape index (κ2) is 8.85. The van der Waals surface area contributed by atoms with Crippen molar-refractivity contribution in [2.75, 3.05) is 13.6 Å². The molecular weight excluding hydrogens is 324 g/mol. The summed E-state index contributed by atoms with van der Waals surface area (Å²) in [6.45, 7) is 5.19. The lowest BCUT2D eigenvalue weighted by Gasteiger charge is -2.38. The molecule has 0 spiro atoms. The van der Waals surface area contributed by atoms with Crippen molar-refractivity contribution in [2.24, 2.45) is 12.0 Å². The molecule has 0 aliphatic carbocycles. The Morgan fingerprint density at radius 1 is 1.27 bits per heavy atom. The topological polar surface area (TPSA) is 57.5 Å². The summed E-state index contributed by atoms with van der Waals surface area (Å²) in [5, 5.41) is 11.2. The fourth-order valence-electron chi connectivity index (χ4n) is 3.54. The van der Waals surface area contributed by atoms with Crippen LogP contribution in [-0.4, -0.2) is 46.3 Å². The predicted octanol–water partition coefficient (Wildman–Crippen LogP) is 2.14. The van der Waals surface area contributed by atoms with Gasteiger partial charge < -0.3 is 10.6 Å². The summed E-state index contributed by atoms with van der Waals surface area (Å²) in [5.41, 5.74) is 2.54. The molecular formula is C20H30N6. The Bertz CT molecular complexity index is 708. The molecule has 6 heteroatoms. The van der Waals surface area contributed by atoms with Crippen molar-refractivity contribution >= 4 is 5.96 Å². The molecule has 2 unspecified atom stereocenters. The van der Waals surface area contributed by atoms with Gasteiger partial charge in [0, 0.05) is 57.6 Å². The Morgan fingerprint density at radius 2 is 2.08 bits per heavy atom. The standard InChI is InChI=1S/C20H30N6/c1-16-11-19(9-10-26(16)15-17-7-5-4-6-8-17)24-20(21-2)22-12-18-13-23-25(3)14-18/h4-8,13-14,16,19H,9-12,15H2,1-3H3,(H2,21,22,24). The number of hydrogen-bond acceptors (Lipinski definition) is 3. The largest absolute Gasteiger partial charge is 0.354 e. The number of rotatable bonds is 5. The first kappa shape index (κ1) is 18.5. The first-order valence-corrected chi connectivity index (χ1v) is 9.36. The van der Waals surface area contributed by atoms with Crippen LogP contribution in [0.4, 0.5) is 0 Å². The van der Waals surface area contributed by atoms with Crippen LogP contribution in [0.3, 0.4) is 0 Å². The zero-order valence-corrected chi connectivity index (χ0v) is 16.0. The Morgan fingerprint density at radius 3 is 2.73 bits per heavy atom. The molecule has 1 aliphatic heterocycles. The molecule has 0 amide bonds. The Kier molecular flexibility index (Phi) is 6.28. The third-order valence-electron chi connectivity index (χ3n) is 5.02. The number of nitrogens with one attached hydrogen (secondary N) is 2. The van der Waals surface area contributed by atoms with E-state index in [0.29, 0.717) is 12.1 Å². The number of aromatic nitrogens is 2. The lowest BCUT2D eigenvalue weighted by molar-refractivity contribution is 0.134. The number of piperidine rings is 1.